The number of amides is 2. The Labute approximate surface area is 137 Å². The quantitative estimate of drug-likeness (QED) is 0.865. The maximum Gasteiger partial charge on any atom is 0.226 e. The van der Waals surface area contributed by atoms with Crippen LogP contribution in [-0.4, -0.2) is 29.8 Å². The van der Waals surface area contributed by atoms with Crippen molar-refractivity contribution in [1.29, 1.82) is 0 Å². The van der Waals surface area contributed by atoms with Crippen LogP contribution in [-0.2, 0) is 9.59 Å². The SMILES string of the molecule is CC(=O)N(CCC(=O)Nc1c(C)cc(C)cc1Cl)CC(C)C. The van der Waals surface area contributed by atoms with Crippen LogP contribution >= 0.6 is 11.6 Å². The molecule has 22 heavy (non-hydrogen) atoms. The van der Waals surface area contributed by atoms with Crippen LogP contribution in [0.25, 0.3) is 0 Å². The molecule has 0 aliphatic carbocycles. The maximum atomic E-state index is 12.1. The predicted octanol–water partition coefficient (Wildman–Crippen LogP) is 3.79. The monoisotopic (exact) mass is 324 g/mol. The van der Waals surface area contributed by atoms with E-state index in [-0.39, 0.29) is 18.2 Å². The summed E-state index contributed by atoms with van der Waals surface area (Å²) >= 11 is 6.18. The van der Waals surface area contributed by atoms with Gasteiger partial charge in [-0.05, 0) is 37.0 Å². The molecule has 1 aromatic carbocycles. The van der Waals surface area contributed by atoms with Gasteiger partial charge < -0.3 is 10.2 Å². The lowest BCUT2D eigenvalue weighted by molar-refractivity contribution is -0.129. The van der Waals surface area contributed by atoms with Crippen LogP contribution in [0.5, 0.6) is 0 Å². The molecule has 5 heteroatoms. The number of rotatable bonds is 6. The molecule has 4 nitrogen and oxygen atoms in total. The lowest BCUT2D eigenvalue weighted by Crippen LogP contribution is -2.34. The molecule has 0 saturated carbocycles. The van der Waals surface area contributed by atoms with E-state index < -0.39 is 0 Å². The average molecular weight is 325 g/mol. The van der Waals surface area contributed by atoms with Crippen LogP contribution in [0.15, 0.2) is 12.1 Å². The minimum Gasteiger partial charge on any atom is -0.342 e. The molecule has 0 radical (unpaired) electrons. The van der Waals surface area contributed by atoms with Crippen molar-refractivity contribution in [2.45, 2.75) is 41.0 Å². The van der Waals surface area contributed by atoms with E-state index >= 15 is 0 Å². The summed E-state index contributed by atoms with van der Waals surface area (Å²) in [6.45, 7) is 10.6. The molecule has 2 amide bonds. The second-order valence-electron chi connectivity index (χ2n) is 6.10. The van der Waals surface area contributed by atoms with E-state index in [9.17, 15) is 9.59 Å². The highest BCUT2D eigenvalue weighted by atomic mass is 35.5. The van der Waals surface area contributed by atoms with Gasteiger partial charge in [-0.2, -0.15) is 0 Å². The number of halogens is 1. The molecule has 0 spiro atoms. The van der Waals surface area contributed by atoms with E-state index in [0.29, 0.717) is 29.7 Å². The molecular weight excluding hydrogens is 300 g/mol. The predicted molar refractivity (Wildman–Crippen MR) is 91.3 cm³/mol. The van der Waals surface area contributed by atoms with Gasteiger partial charge in [0.25, 0.3) is 0 Å². The molecule has 1 N–H and O–H groups in total. The minimum atomic E-state index is -0.135. The molecule has 0 bridgehead atoms. The van der Waals surface area contributed by atoms with E-state index in [1.54, 1.807) is 4.90 Å². The number of carbonyl (C=O) groups is 2. The summed E-state index contributed by atoms with van der Waals surface area (Å²) in [5.74, 6) is 0.232. The van der Waals surface area contributed by atoms with E-state index in [0.717, 1.165) is 11.1 Å². The second kappa shape index (κ2) is 8.18. The fourth-order valence-corrected chi connectivity index (χ4v) is 2.70. The third-order valence-corrected chi connectivity index (χ3v) is 3.63. The van der Waals surface area contributed by atoms with Crippen molar-refractivity contribution in [3.05, 3.63) is 28.3 Å². The van der Waals surface area contributed by atoms with Gasteiger partial charge in [-0.15, -0.1) is 0 Å². The normalized spacial score (nSPS) is 10.7. The zero-order chi connectivity index (χ0) is 16.9. The molecular formula is C17H25ClN2O2. The zero-order valence-electron chi connectivity index (χ0n) is 14.0. The Hall–Kier alpha value is -1.55. The largest absolute Gasteiger partial charge is 0.342 e. The summed E-state index contributed by atoms with van der Waals surface area (Å²) in [4.78, 5) is 25.4. The Balaban J connectivity index is 2.65. The topological polar surface area (TPSA) is 49.4 Å². The number of benzene rings is 1. The fraction of sp³-hybridized carbons (Fsp3) is 0.529. The number of anilines is 1. The molecule has 0 atom stereocenters. The minimum absolute atomic E-state index is 0.00829. The van der Waals surface area contributed by atoms with Gasteiger partial charge in [0.2, 0.25) is 11.8 Å². The number of nitrogens with one attached hydrogen (secondary N) is 1. The van der Waals surface area contributed by atoms with E-state index in [1.807, 2.05) is 39.8 Å². The second-order valence-corrected chi connectivity index (χ2v) is 6.50. The smallest absolute Gasteiger partial charge is 0.226 e. The van der Waals surface area contributed by atoms with Crippen molar-refractivity contribution < 1.29 is 9.59 Å². The van der Waals surface area contributed by atoms with Gasteiger partial charge in [-0.1, -0.05) is 31.5 Å². The highest BCUT2D eigenvalue weighted by Gasteiger charge is 2.14. The number of nitrogens with zero attached hydrogens (tertiary/aromatic N) is 1. The van der Waals surface area contributed by atoms with Gasteiger partial charge in [-0.3, -0.25) is 9.59 Å². The molecule has 1 rings (SSSR count). The van der Waals surface area contributed by atoms with Crippen LogP contribution in [0, 0.1) is 19.8 Å². The third-order valence-electron chi connectivity index (χ3n) is 3.34. The molecule has 1 aromatic rings. The van der Waals surface area contributed by atoms with E-state index in [1.165, 1.54) is 6.92 Å². The van der Waals surface area contributed by atoms with Crippen LogP contribution in [0.4, 0.5) is 5.69 Å². The van der Waals surface area contributed by atoms with Crippen molar-refractivity contribution in [3.8, 4) is 0 Å². The Kier molecular flexibility index (Phi) is 6.88. The summed E-state index contributed by atoms with van der Waals surface area (Å²) in [7, 11) is 0. The Morgan fingerprint density at radius 2 is 1.91 bits per heavy atom. The molecule has 0 saturated heterocycles. The van der Waals surface area contributed by atoms with Gasteiger partial charge in [0, 0.05) is 26.4 Å². The summed E-state index contributed by atoms with van der Waals surface area (Å²) < 4.78 is 0. The summed E-state index contributed by atoms with van der Waals surface area (Å²) in [5.41, 5.74) is 2.64. The number of aryl methyl sites for hydroxylation is 2. The Morgan fingerprint density at radius 1 is 1.27 bits per heavy atom. The van der Waals surface area contributed by atoms with Gasteiger partial charge >= 0.3 is 0 Å². The van der Waals surface area contributed by atoms with E-state index in [2.05, 4.69) is 5.32 Å². The molecule has 122 valence electrons. The first-order valence-electron chi connectivity index (χ1n) is 7.52. The van der Waals surface area contributed by atoms with Gasteiger partial charge in [0.05, 0.1) is 10.7 Å². The van der Waals surface area contributed by atoms with Crippen molar-refractivity contribution in [3.63, 3.8) is 0 Å². The highest BCUT2D eigenvalue weighted by molar-refractivity contribution is 6.34. The van der Waals surface area contributed by atoms with Crippen LogP contribution in [0.1, 0.15) is 38.3 Å². The zero-order valence-corrected chi connectivity index (χ0v) is 14.8. The van der Waals surface area contributed by atoms with Crippen LogP contribution in [0.3, 0.4) is 0 Å². The van der Waals surface area contributed by atoms with Gasteiger partial charge in [-0.25, -0.2) is 0 Å². The summed E-state index contributed by atoms with van der Waals surface area (Å²) in [6, 6.07) is 3.80. The summed E-state index contributed by atoms with van der Waals surface area (Å²) in [5, 5.41) is 3.38. The number of hydrogen-bond acceptors (Lipinski definition) is 2. The van der Waals surface area contributed by atoms with Gasteiger partial charge in [0.15, 0.2) is 0 Å². The molecule has 0 aliphatic heterocycles. The fourth-order valence-electron chi connectivity index (χ4n) is 2.33. The van der Waals surface area contributed by atoms with Crippen molar-refractivity contribution in [1.82, 2.24) is 4.90 Å². The third kappa shape index (κ3) is 5.68. The van der Waals surface area contributed by atoms with Crippen molar-refractivity contribution in [2.24, 2.45) is 5.92 Å². The average Bonchev–Trinajstić information content (AvgIpc) is 2.38. The lowest BCUT2D eigenvalue weighted by Gasteiger charge is -2.23. The Bertz CT molecular complexity index is 533. The molecule has 0 heterocycles. The molecule has 0 fully saturated rings. The molecule has 0 aliphatic rings. The van der Waals surface area contributed by atoms with Crippen LogP contribution < -0.4 is 5.32 Å². The summed E-state index contributed by atoms with van der Waals surface area (Å²) in [6.07, 6.45) is 0.260. The highest BCUT2D eigenvalue weighted by Crippen LogP contribution is 2.27. The number of carbonyl (C=O) groups excluding carboxylic acids is 2. The first-order valence-corrected chi connectivity index (χ1v) is 7.90. The maximum absolute atomic E-state index is 12.1. The molecule has 0 unspecified atom stereocenters. The molecule has 0 aromatic heterocycles. The standard InChI is InChI=1S/C17H25ClN2O2/c1-11(2)10-20(14(5)21)7-6-16(22)19-17-13(4)8-12(3)9-15(17)18/h8-9,11H,6-7,10H2,1-5H3,(H,19,22). The Morgan fingerprint density at radius 3 is 2.41 bits per heavy atom. The van der Waals surface area contributed by atoms with Crippen molar-refractivity contribution >= 4 is 29.1 Å². The first kappa shape index (κ1) is 18.5. The number of hydrogen-bond donors (Lipinski definition) is 1. The van der Waals surface area contributed by atoms with E-state index in [4.69, 9.17) is 11.6 Å². The first-order chi connectivity index (χ1) is 10.2. The van der Waals surface area contributed by atoms with Gasteiger partial charge in [0.1, 0.15) is 0 Å². The lowest BCUT2D eigenvalue weighted by atomic mass is 10.1. The van der Waals surface area contributed by atoms with Crippen molar-refractivity contribution in [2.75, 3.05) is 18.4 Å². The van der Waals surface area contributed by atoms with Crippen LogP contribution in [0.2, 0.25) is 5.02 Å².